The Morgan fingerprint density at radius 1 is 0.750 bits per heavy atom. The lowest BCUT2D eigenvalue weighted by Gasteiger charge is -1.97. The molecule has 0 saturated heterocycles. The molecular weight excluding hydrogens is 408 g/mol. The average Bonchev–Trinajstić information content (AvgIpc) is 3.79. The Kier molecular flexibility index (Phi) is 5.60. The van der Waals surface area contributed by atoms with Gasteiger partial charge < -0.3 is 13.9 Å². The second kappa shape index (κ2) is 8.84. The van der Waals surface area contributed by atoms with Gasteiger partial charge in [0.05, 0.1) is 6.61 Å². The van der Waals surface area contributed by atoms with E-state index >= 15 is 0 Å². The summed E-state index contributed by atoms with van der Waals surface area (Å²) in [5.74, 6) is 3.52. The molecule has 2 aromatic carbocycles. The summed E-state index contributed by atoms with van der Waals surface area (Å²) < 4.78 is 11.1. The molecule has 0 bridgehead atoms. The molecule has 0 aliphatic heterocycles. The molecule has 2 heterocycles. The molecule has 2 saturated carbocycles. The molecule has 0 spiro atoms. The smallest absolute Gasteiger partial charge is 0.247 e. The van der Waals surface area contributed by atoms with Crippen molar-refractivity contribution in [3.8, 4) is 22.9 Å². The Balaban J connectivity index is 0.000000135. The van der Waals surface area contributed by atoms with Gasteiger partial charge in [-0.15, -0.1) is 20.4 Å². The van der Waals surface area contributed by atoms with Crippen molar-refractivity contribution in [2.24, 2.45) is 0 Å². The van der Waals surface area contributed by atoms with Gasteiger partial charge in [-0.25, -0.2) is 0 Å². The molecule has 2 aliphatic rings. The number of carbonyl (C=O) groups excluding carboxylic acids is 1. The van der Waals surface area contributed by atoms with Gasteiger partial charge in [-0.1, -0.05) is 24.3 Å². The largest absolute Gasteiger partial charge is 0.420 e. The summed E-state index contributed by atoms with van der Waals surface area (Å²) in [6, 6.07) is 14.6. The molecule has 2 aromatic heterocycles. The first-order valence-corrected chi connectivity index (χ1v) is 10.7. The minimum absolute atomic E-state index is 0.0530. The third-order valence-electron chi connectivity index (χ3n) is 5.41. The van der Waals surface area contributed by atoms with Crippen LogP contribution >= 0.6 is 0 Å². The number of aliphatic hydroxyl groups excluding tert-OH is 1. The van der Waals surface area contributed by atoms with E-state index in [9.17, 15) is 4.79 Å². The zero-order valence-corrected chi connectivity index (χ0v) is 17.3. The maximum Gasteiger partial charge on any atom is 0.247 e. The zero-order chi connectivity index (χ0) is 21.9. The molecule has 8 nitrogen and oxygen atoms in total. The molecule has 0 atom stereocenters. The van der Waals surface area contributed by atoms with Crippen LogP contribution in [0.5, 0.6) is 0 Å². The molecule has 2 fully saturated rings. The molecule has 4 aromatic rings. The number of nitrogens with zero attached hydrogens (tertiary/aromatic N) is 4. The van der Waals surface area contributed by atoms with Gasteiger partial charge in [-0.05, 0) is 55.5 Å². The number of hydrogen-bond acceptors (Lipinski definition) is 8. The highest BCUT2D eigenvalue weighted by molar-refractivity contribution is 5.75. The maximum absolute atomic E-state index is 10.5. The Morgan fingerprint density at radius 3 is 1.62 bits per heavy atom. The summed E-state index contributed by atoms with van der Waals surface area (Å²) in [6.45, 7) is 0.0530. The Labute approximate surface area is 184 Å². The van der Waals surface area contributed by atoms with Crippen molar-refractivity contribution in [1.82, 2.24) is 20.4 Å². The third-order valence-corrected chi connectivity index (χ3v) is 5.41. The van der Waals surface area contributed by atoms with Crippen LogP contribution in [0.3, 0.4) is 0 Å². The first-order chi connectivity index (χ1) is 15.7. The SMILES string of the molecule is O=Cc1ccc(-c2nnc(C3CC3)o2)cc1.OCc1ccc(-c2nnc(C3CC3)o2)cc1. The molecule has 0 amide bonds. The zero-order valence-electron chi connectivity index (χ0n) is 17.3. The van der Waals surface area contributed by atoms with Crippen LogP contribution < -0.4 is 0 Å². The summed E-state index contributed by atoms with van der Waals surface area (Å²) in [6.07, 6.45) is 5.42. The number of benzene rings is 2. The van der Waals surface area contributed by atoms with E-state index in [4.69, 9.17) is 13.9 Å². The van der Waals surface area contributed by atoms with Crippen molar-refractivity contribution in [2.75, 3.05) is 0 Å². The standard InChI is InChI=1S/C12H12N2O2.C12H10N2O2/c2*15-7-8-1-3-9(4-2-8)11-13-14-12(16-11)10-5-6-10/h1-4,10,15H,5-7H2;1-4,7,10H,5-6H2. The van der Waals surface area contributed by atoms with Gasteiger partial charge in [0.15, 0.2) is 0 Å². The molecular formula is C24H22N4O4. The first kappa shape index (κ1) is 20.3. The van der Waals surface area contributed by atoms with Crippen molar-refractivity contribution in [3.05, 3.63) is 71.4 Å². The Morgan fingerprint density at radius 2 is 1.22 bits per heavy atom. The summed E-state index contributed by atoms with van der Waals surface area (Å²) in [7, 11) is 0. The molecule has 6 rings (SSSR count). The molecule has 1 N–H and O–H groups in total. The van der Waals surface area contributed by atoms with E-state index in [1.165, 1.54) is 0 Å². The van der Waals surface area contributed by atoms with Crippen molar-refractivity contribution in [3.63, 3.8) is 0 Å². The topological polar surface area (TPSA) is 115 Å². The van der Waals surface area contributed by atoms with Crippen molar-refractivity contribution >= 4 is 6.29 Å². The predicted molar refractivity (Wildman–Crippen MR) is 115 cm³/mol. The molecule has 2 aliphatic carbocycles. The second-order valence-corrected chi connectivity index (χ2v) is 8.03. The summed E-state index contributed by atoms with van der Waals surface area (Å²) in [5.41, 5.74) is 3.28. The lowest BCUT2D eigenvalue weighted by Crippen LogP contribution is -1.83. The Hall–Kier alpha value is -3.65. The van der Waals surface area contributed by atoms with Crippen LogP contribution in [0.2, 0.25) is 0 Å². The van der Waals surface area contributed by atoms with Gasteiger partial charge in [0.25, 0.3) is 0 Å². The average molecular weight is 430 g/mol. The van der Waals surface area contributed by atoms with Crippen LogP contribution in [0.4, 0.5) is 0 Å². The monoisotopic (exact) mass is 430 g/mol. The fraction of sp³-hybridized carbons (Fsp3) is 0.292. The van der Waals surface area contributed by atoms with E-state index in [1.807, 2.05) is 36.4 Å². The summed E-state index contributed by atoms with van der Waals surface area (Å²) >= 11 is 0. The minimum Gasteiger partial charge on any atom is -0.420 e. The first-order valence-electron chi connectivity index (χ1n) is 10.7. The van der Waals surface area contributed by atoms with E-state index in [0.29, 0.717) is 29.2 Å². The summed E-state index contributed by atoms with van der Waals surface area (Å²) in [5, 5.41) is 25.0. The van der Waals surface area contributed by atoms with Crippen LogP contribution in [-0.2, 0) is 6.61 Å². The molecule has 162 valence electrons. The van der Waals surface area contributed by atoms with Crippen LogP contribution in [0, 0.1) is 0 Å². The number of aliphatic hydroxyl groups is 1. The van der Waals surface area contributed by atoms with Crippen molar-refractivity contribution in [2.45, 2.75) is 44.1 Å². The number of carbonyl (C=O) groups is 1. The van der Waals surface area contributed by atoms with Gasteiger partial charge in [-0.3, -0.25) is 4.79 Å². The van der Waals surface area contributed by atoms with E-state index < -0.39 is 0 Å². The number of aldehydes is 1. The van der Waals surface area contributed by atoms with Crippen LogP contribution in [-0.4, -0.2) is 31.8 Å². The highest BCUT2D eigenvalue weighted by Crippen LogP contribution is 2.40. The van der Waals surface area contributed by atoms with E-state index in [-0.39, 0.29) is 6.61 Å². The fourth-order valence-electron chi connectivity index (χ4n) is 3.15. The van der Waals surface area contributed by atoms with Crippen LogP contribution in [0.1, 0.15) is 65.2 Å². The Bertz CT molecular complexity index is 1190. The molecule has 0 unspecified atom stereocenters. The number of rotatable bonds is 6. The predicted octanol–water partition coefficient (Wildman–Crippen LogP) is 4.53. The van der Waals surface area contributed by atoms with Gasteiger partial charge in [0.1, 0.15) is 6.29 Å². The fourth-order valence-corrected chi connectivity index (χ4v) is 3.15. The number of aromatic nitrogens is 4. The second-order valence-electron chi connectivity index (χ2n) is 8.03. The molecule has 32 heavy (non-hydrogen) atoms. The highest BCUT2D eigenvalue weighted by atomic mass is 16.4. The van der Waals surface area contributed by atoms with Gasteiger partial charge in [0, 0.05) is 28.5 Å². The van der Waals surface area contributed by atoms with Crippen LogP contribution in [0.15, 0.2) is 57.4 Å². The molecule has 0 radical (unpaired) electrons. The van der Waals surface area contributed by atoms with Gasteiger partial charge in [0.2, 0.25) is 23.6 Å². The number of hydrogen-bond donors (Lipinski definition) is 1. The van der Waals surface area contributed by atoms with Crippen LogP contribution in [0.25, 0.3) is 22.9 Å². The van der Waals surface area contributed by atoms with E-state index in [2.05, 4.69) is 20.4 Å². The van der Waals surface area contributed by atoms with Gasteiger partial charge >= 0.3 is 0 Å². The highest BCUT2D eigenvalue weighted by Gasteiger charge is 2.30. The summed E-state index contributed by atoms with van der Waals surface area (Å²) in [4.78, 5) is 10.5. The van der Waals surface area contributed by atoms with E-state index in [0.717, 1.165) is 60.4 Å². The maximum atomic E-state index is 10.5. The normalized spacial score (nSPS) is 15.2. The lowest BCUT2D eigenvalue weighted by molar-refractivity contribution is 0.112. The lowest BCUT2D eigenvalue weighted by atomic mass is 10.1. The van der Waals surface area contributed by atoms with Crippen molar-refractivity contribution < 1.29 is 18.7 Å². The molecule has 8 heteroatoms. The third kappa shape index (κ3) is 4.65. The minimum atomic E-state index is 0.0530. The van der Waals surface area contributed by atoms with Gasteiger partial charge in [-0.2, -0.15) is 0 Å². The van der Waals surface area contributed by atoms with Crippen molar-refractivity contribution in [1.29, 1.82) is 0 Å². The quantitative estimate of drug-likeness (QED) is 0.444. The van der Waals surface area contributed by atoms with E-state index in [1.54, 1.807) is 12.1 Å².